The second-order valence-corrected chi connectivity index (χ2v) is 5.81. The molecule has 0 aromatic carbocycles. The lowest BCUT2D eigenvalue weighted by molar-refractivity contribution is 0.547. The summed E-state index contributed by atoms with van der Waals surface area (Å²) in [7, 11) is 0. The summed E-state index contributed by atoms with van der Waals surface area (Å²) in [6.07, 6.45) is 2.10. The van der Waals surface area contributed by atoms with Crippen molar-refractivity contribution in [3.05, 3.63) is 46.4 Å². The van der Waals surface area contributed by atoms with Crippen molar-refractivity contribution in [2.45, 2.75) is 26.6 Å². The Morgan fingerprint density at radius 1 is 1.40 bits per heavy atom. The van der Waals surface area contributed by atoms with Crippen molar-refractivity contribution in [3.8, 4) is 10.8 Å². The number of rotatable bonds is 3. The van der Waals surface area contributed by atoms with Gasteiger partial charge in [0.15, 0.2) is 10.8 Å². The molecule has 1 aliphatic rings. The number of nitrogens with one attached hydrogen (secondary N) is 1. The number of nitrogens with zero attached hydrogens (tertiary/aromatic N) is 3. The highest BCUT2D eigenvalue weighted by atomic mass is 32.1. The van der Waals surface area contributed by atoms with Crippen LogP contribution in [0.3, 0.4) is 0 Å². The minimum atomic E-state index is 0.711. The van der Waals surface area contributed by atoms with Gasteiger partial charge in [-0.3, -0.25) is 4.68 Å². The van der Waals surface area contributed by atoms with Crippen molar-refractivity contribution in [2.24, 2.45) is 0 Å². The Bertz CT molecular complexity index is 733. The highest BCUT2D eigenvalue weighted by Crippen LogP contribution is 2.26. The Kier molecular flexibility index (Phi) is 2.71. The van der Waals surface area contributed by atoms with Crippen molar-refractivity contribution in [1.29, 1.82) is 0 Å². The Labute approximate surface area is 120 Å². The van der Waals surface area contributed by atoms with Crippen LogP contribution >= 0.6 is 11.3 Å². The molecular weight excluding hydrogens is 272 g/mol. The van der Waals surface area contributed by atoms with E-state index in [4.69, 9.17) is 4.42 Å². The van der Waals surface area contributed by atoms with Crippen LogP contribution in [0.15, 0.2) is 28.1 Å². The fourth-order valence-electron chi connectivity index (χ4n) is 2.40. The Morgan fingerprint density at radius 3 is 3.15 bits per heavy atom. The monoisotopic (exact) mass is 286 g/mol. The van der Waals surface area contributed by atoms with E-state index in [1.807, 2.05) is 23.7 Å². The first-order valence-electron chi connectivity index (χ1n) is 6.55. The minimum Gasteiger partial charge on any atom is -0.459 e. The summed E-state index contributed by atoms with van der Waals surface area (Å²) >= 11 is 1.61. The summed E-state index contributed by atoms with van der Waals surface area (Å²) in [6.45, 7) is 4.44. The molecule has 4 rings (SSSR count). The van der Waals surface area contributed by atoms with E-state index in [0.29, 0.717) is 6.54 Å². The number of aryl methyl sites for hydroxylation is 1. The molecule has 0 spiro atoms. The Balaban J connectivity index is 1.55. The number of aromatic nitrogens is 3. The summed E-state index contributed by atoms with van der Waals surface area (Å²) in [4.78, 5) is 4.62. The first-order valence-corrected chi connectivity index (χ1v) is 7.43. The average Bonchev–Trinajstić information content (AvgIpc) is 3.12. The van der Waals surface area contributed by atoms with Gasteiger partial charge in [0.05, 0.1) is 17.9 Å². The van der Waals surface area contributed by atoms with Crippen LogP contribution in [0.2, 0.25) is 0 Å². The maximum absolute atomic E-state index is 5.60. The van der Waals surface area contributed by atoms with Crippen LogP contribution in [0.25, 0.3) is 10.8 Å². The van der Waals surface area contributed by atoms with Crippen LogP contribution in [0.4, 0.5) is 0 Å². The fraction of sp³-hybridized carbons (Fsp3) is 0.286. The number of hydrogen-bond donors (Lipinski definition) is 1. The number of hydrogen-bond acceptors (Lipinski definition) is 5. The molecular formula is C14H14N4OS. The van der Waals surface area contributed by atoms with Gasteiger partial charge in [-0.25, -0.2) is 4.98 Å². The molecule has 0 fully saturated rings. The largest absolute Gasteiger partial charge is 0.459 e. The summed E-state index contributed by atoms with van der Waals surface area (Å²) in [6, 6.07) is 3.92. The number of furan rings is 1. The number of fused-ring (bicyclic) bond motifs is 1. The van der Waals surface area contributed by atoms with Gasteiger partial charge in [-0.15, -0.1) is 11.3 Å². The van der Waals surface area contributed by atoms with Crippen molar-refractivity contribution in [3.63, 3.8) is 0 Å². The van der Waals surface area contributed by atoms with Crippen LogP contribution in [0.5, 0.6) is 0 Å². The molecule has 1 N–H and O–H groups in total. The van der Waals surface area contributed by atoms with E-state index in [2.05, 4.69) is 27.0 Å². The average molecular weight is 286 g/mol. The van der Waals surface area contributed by atoms with E-state index in [1.165, 1.54) is 5.56 Å². The van der Waals surface area contributed by atoms with Gasteiger partial charge in [0.2, 0.25) is 0 Å². The lowest BCUT2D eigenvalue weighted by Crippen LogP contribution is -2.07. The summed E-state index contributed by atoms with van der Waals surface area (Å²) in [5.41, 5.74) is 3.47. The minimum absolute atomic E-state index is 0.711. The molecule has 0 saturated carbocycles. The summed E-state index contributed by atoms with van der Waals surface area (Å²) in [5, 5.41) is 10.8. The van der Waals surface area contributed by atoms with Gasteiger partial charge in [-0.1, -0.05) is 0 Å². The normalized spacial score (nSPS) is 13.8. The van der Waals surface area contributed by atoms with Gasteiger partial charge in [-0.2, -0.15) is 5.10 Å². The third-order valence-electron chi connectivity index (χ3n) is 3.36. The van der Waals surface area contributed by atoms with Crippen LogP contribution in [-0.4, -0.2) is 14.8 Å². The fourth-order valence-corrected chi connectivity index (χ4v) is 3.17. The van der Waals surface area contributed by atoms with E-state index < -0.39 is 0 Å². The van der Waals surface area contributed by atoms with E-state index in [9.17, 15) is 0 Å². The van der Waals surface area contributed by atoms with E-state index in [1.54, 1.807) is 11.3 Å². The maximum Gasteiger partial charge on any atom is 0.162 e. The molecule has 5 nitrogen and oxygen atoms in total. The summed E-state index contributed by atoms with van der Waals surface area (Å²) < 4.78 is 7.57. The second-order valence-electron chi connectivity index (χ2n) is 4.96. The molecule has 0 bridgehead atoms. The molecule has 4 heterocycles. The third-order valence-corrected chi connectivity index (χ3v) is 4.27. The van der Waals surface area contributed by atoms with E-state index in [-0.39, 0.29) is 0 Å². The third kappa shape index (κ3) is 2.07. The quantitative estimate of drug-likeness (QED) is 0.804. The van der Waals surface area contributed by atoms with Crippen molar-refractivity contribution < 1.29 is 4.42 Å². The molecule has 0 amide bonds. The standard InChI is InChI=1S/C14H14N4OS/c1-9-2-3-13(19-9)14-16-11(8-20-14)7-18-6-10-4-15-5-12(10)17-18/h2-3,6,8,15H,4-5,7H2,1H3. The molecule has 102 valence electrons. The molecule has 20 heavy (non-hydrogen) atoms. The second kappa shape index (κ2) is 4.57. The first-order chi connectivity index (χ1) is 9.78. The smallest absolute Gasteiger partial charge is 0.162 e. The van der Waals surface area contributed by atoms with Gasteiger partial charge in [0.25, 0.3) is 0 Å². The Morgan fingerprint density at radius 2 is 2.35 bits per heavy atom. The zero-order valence-electron chi connectivity index (χ0n) is 11.1. The van der Waals surface area contributed by atoms with Crippen LogP contribution in [0.1, 0.15) is 22.7 Å². The predicted molar refractivity (Wildman–Crippen MR) is 76.4 cm³/mol. The zero-order chi connectivity index (χ0) is 13.5. The SMILES string of the molecule is Cc1ccc(-c2nc(Cn3cc4c(n3)CNC4)cs2)o1. The molecule has 6 heteroatoms. The molecule has 0 saturated heterocycles. The molecule has 1 aliphatic heterocycles. The maximum atomic E-state index is 5.60. The molecule has 0 radical (unpaired) electrons. The predicted octanol–water partition coefficient (Wildman–Crippen LogP) is 2.56. The zero-order valence-corrected chi connectivity index (χ0v) is 11.9. The van der Waals surface area contributed by atoms with Gasteiger partial charge in [0, 0.05) is 30.2 Å². The molecule has 3 aromatic heterocycles. The van der Waals surface area contributed by atoms with Crippen LogP contribution in [-0.2, 0) is 19.6 Å². The Hall–Kier alpha value is -1.92. The van der Waals surface area contributed by atoms with Crippen molar-refractivity contribution in [1.82, 2.24) is 20.1 Å². The van der Waals surface area contributed by atoms with Crippen molar-refractivity contribution >= 4 is 11.3 Å². The highest BCUT2D eigenvalue weighted by Gasteiger charge is 2.15. The first kappa shape index (κ1) is 11.9. The van der Waals surface area contributed by atoms with Crippen LogP contribution < -0.4 is 5.32 Å². The molecule has 0 aliphatic carbocycles. The summed E-state index contributed by atoms with van der Waals surface area (Å²) in [5.74, 6) is 1.75. The lowest BCUT2D eigenvalue weighted by atomic mass is 10.3. The van der Waals surface area contributed by atoms with E-state index >= 15 is 0 Å². The number of thiazole rings is 1. The van der Waals surface area contributed by atoms with Crippen molar-refractivity contribution in [2.75, 3.05) is 0 Å². The van der Waals surface area contributed by atoms with E-state index in [0.717, 1.165) is 41.0 Å². The van der Waals surface area contributed by atoms with Gasteiger partial charge in [-0.05, 0) is 19.1 Å². The van der Waals surface area contributed by atoms with Crippen LogP contribution in [0, 0.1) is 6.92 Å². The van der Waals surface area contributed by atoms with Gasteiger partial charge >= 0.3 is 0 Å². The topological polar surface area (TPSA) is 55.9 Å². The highest BCUT2D eigenvalue weighted by molar-refractivity contribution is 7.13. The lowest BCUT2D eigenvalue weighted by Gasteiger charge is -1.98. The molecule has 3 aromatic rings. The molecule has 0 unspecified atom stereocenters. The molecule has 0 atom stereocenters. The van der Waals surface area contributed by atoms with Gasteiger partial charge in [0.1, 0.15) is 5.76 Å². The van der Waals surface area contributed by atoms with Gasteiger partial charge < -0.3 is 9.73 Å².